The number of nitrogens with zero attached hydrogens (tertiary/aromatic N) is 3. The summed E-state index contributed by atoms with van der Waals surface area (Å²) in [6.07, 6.45) is 6.60. The van der Waals surface area contributed by atoms with Gasteiger partial charge in [-0.25, -0.2) is 4.98 Å². The number of benzene rings is 2. The molecule has 0 amide bonds. The van der Waals surface area contributed by atoms with Crippen molar-refractivity contribution in [3.63, 3.8) is 0 Å². The van der Waals surface area contributed by atoms with Gasteiger partial charge in [-0.2, -0.15) is 0 Å². The van der Waals surface area contributed by atoms with E-state index in [9.17, 15) is 0 Å². The molecule has 2 aromatic carbocycles. The Morgan fingerprint density at radius 1 is 1.04 bits per heavy atom. The van der Waals surface area contributed by atoms with Gasteiger partial charge in [-0.05, 0) is 24.0 Å². The van der Waals surface area contributed by atoms with Crippen molar-refractivity contribution < 1.29 is 0 Å². The lowest BCUT2D eigenvalue weighted by molar-refractivity contribution is 0.284. The average Bonchev–Trinajstić information content (AvgIpc) is 3.14. The largest absolute Gasteiger partial charge is 0.345 e. The normalized spacial score (nSPS) is 16.0. The number of thiazole rings is 1. The third kappa shape index (κ3) is 3.95. The number of anilines is 1. The highest BCUT2D eigenvalue weighted by Crippen LogP contribution is 2.34. The van der Waals surface area contributed by atoms with Crippen LogP contribution in [0.1, 0.15) is 5.56 Å². The lowest BCUT2D eigenvalue weighted by atomic mass is 10.2. The summed E-state index contributed by atoms with van der Waals surface area (Å²) in [7, 11) is 0. The van der Waals surface area contributed by atoms with E-state index in [1.54, 1.807) is 11.8 Å². The first-order valence-electron chi connectivity index (χ1n) is 8.96. The van der Waals surface area contributed by atoms with E-state index < -0.39 is 0 Å². The molecule has 3 nitrogen and oxygen atoms in total. The third-order valence-corrected chi connectivity index (χ3v) is 6.56. The second-order valence-electron chi connectivity index (χ2n) is 6.40. The monoisotopic (exact) mass is 381 g/mol. The smallest absolute Gasteiger partial charge is 0.186 e. The van der Waals surface area contributed by atoms with E-state index in [0.717, 1.165) is 38.2 Å². The number of hydrogen-bond acceptors (Lipinski definition) is 5. The van der Waals surface area contributed by atoms with E-state index in [4.69, 9.17) is 4.98 Å². The Bertz CT molecular complexity index is 881. The van der Waals surface area contributed by atoms with Gasteiger partial charge in [0, 0.05) is 37.6 Å². The molecule has 0 radical (unpaired) electrons. The Hall–Kier alpha value is -1.82. The zero-order valence-electron chi connectivity index (χ0n) is 15.0. The zero-order chi connectivity index (χ0) is 17.8. The number of para-hydroxylation sites is 1. The maximum Gasteiger partial charge on any atom is 0.186 e. The molecule has 1 aromatic heterocycles. The topological polar surface area (TPSA) is 19.4 Å². The van der Waals surface area contributed by atoms with Gasteiger partial charge in [-0.15, -0.1) is 11.8 Å². The van der Waals surface area contributed by atoms with Gasteiger partial charge < -0.3 is 4.90 Å². The summed E-state index contributed by atoms with van der Waals surface area (Å²) in [6, 6.07) is 17.0. The lowest BCUT2D eigenvalue weighted by Crippen LogP contribution is -2.46. The molecule has 1 aliphatic heterocycles. The van der Waals surface area contributed by atoms with Crippen LogP contribution in [-0.2, 0) is 0 Å². The van der Waals surface area contributed by atoms with Gasteiger partial charge >= 0.3 is 0 Å². The predicted molar refractivity (Wildman–Crippen MR) is 116 cm³/mol. The quantitative estimate of drug-likeness (QED) is 0.588. The van der Waals surface area contributed by atoms with Gasteiger partial charge in [-0.1, -0.05) is 59.9 Å². The second-order valence-corrected chi connectivity index (χ2v) is 8.26. The van der Waals surface area contributed by atoms with E-state index in [1.807, 2.05) is 11.3 Å². The molecule has 4 rings (SSSR count). The second kappa shape index (κ2) is 8.25. The first-order valence-corrected chi connectivity index (χ1v) is 11.0. The van der Waals surface area contributed by atoms with Crippen molar-refractivity contribution in [1.82, 2.24) is 9.88 Å². The standard InChI is InChI=1S/C21H23N3S2/c1-25-18-10-5-11-19-20(18)22-21(26-19)24-15-13-23(14-16-24)12-6-9-17-7-3-2-4-8-17/h2-11H,12-16H2,1H3/b9-6+. The Morgan fingerprint density at radius 2 is 1.85 bits per heavy atom. The average molecular weight is 382 g/mol. The third-order valence-electron chi connectivity index (χ3n) is 4.71. The van der Waals surface area contributed by atoms with E-state index in [0.29, 0.717) is 0 Å². The van der Waals surface area contributed by atoms with Crippen LogP contribution in [0.3, 0.4) is 0 Å². The van der Waals surface area contributed by atoms with Crippen LogP contribution in [0.2, 0.25) is 0 Å². The van der Waals surface area contributed by atoms with Gasteiger partial charge in [0.25, 0.3) is 0 Å². The molecule has 0 spiro atoms. The molecular weight excluding hydrogens is 358 g/mol. The van der Waals surface area contributed by atoms with Crippen LogP contribution < -0.4 is 4.90 Å². The Balaban J connectivity index is 1.35. The van der Waals surface area contributed by atoms with Crippen LogP contribution in [-0.4, -0.2) is 48.9 Å². The van der Waals surface area contributed by atoms with E-state index in [2.05, 4.69) is 76.7 Å². The lowest BCUT2D eigenvalue weighted by Gasteiger charge is -2.33. The molecule has 2 heterocycles. The first-order chi connectivity index (χ1) is 12.8. The minimum atomic E-state index is 1.01. The van der Waals surface area contributed by atoms with Gasteiger partial charge in [0.1, 0.15) is 0 Å². The van der Waals surface area contributed by atoms with E-state index in [1.165, 1.54) is 20.3 Å². The predicted octanol–water partition coefficient (Wildman–Crippen LogP) is 4.85. The molecule has 3 aromatic rings. The summed E-state index contributed by atoms with van der Waals surface area (Å²) >= 11 is 3.59. The molecule has 0 unspecified atom stereocenters. The molecular formula is C21H23N3S2. The molecule has 0 saturated carbocycles. The van der Waals surface area contributed by atoms with Crippen molar-refractivity contribution in [1.29, 1.82) is 0 Å². The number of fused-ring (bicyclic) bond motifs is 1. The zero-order valence-corrected chi connectivity index (χ0v) is 16.6. The molecule has 26 heavy (non-hydrogen) atoms. The van der Waals surface area contributed by atoms with Crippen molar-refractivity contribution in [3.8, 4) is 0 Å². The summed E-state index contributed by atoms with van der Waals surface area (Å²) in [6.45, 7) is 5.29. The number of piperazine rings is 1. The maximum absolute atomic E-state index is 4.93. The SMILES string of the molecule is CSc1cccc2sc(N3CCN(C/C=C/c4ccccc4)CC3)nc12. The van der Waals surface area contributed by atoms with Crippen molar-refractivity contribution in [2.24, 2.45) is 0 Å². The summed E-state index contributed by atoms with van der Waals surface area (Å²) in [4.78, 5) is 11.1. The number of thioether (sulfide) groups is 1. The van der Waals surface area contributed by atoms with Crippen molar-refractivity contribution in [3.05, 3.63) is 60.2 Å². The van der Waals surface area contributed by atoms with E-state index >= 15 is 0 Å². The van der Waals surface area contributed by atoms with E-state index in [-0.39, 0.29) is 0 Å². The first kappa shape index (κ1) is 17.6. The molecule has 0 bridgehead atoms. The summed E-state index contributed by atoms with van der Waals surface area (Å²) < 4.78 is 1.29. The van der Waals surface area contributed by atoms with Crippen molar-refractivity contribution >= 4 is 44.5 Å². The summed E-state index contributed by atoms with van der Waals surface area (Å²) in [5.41, 5.74) is 2.43. The van der Waals surface area contributed by atoms with Crippen LogP contribution >= 0.6 is 23.1 Å². The molecule has 134 valence electrons. The number of aromatic nitrogens is 1. The van der Waals surface area contributed by atoms with Crippen LogP contribution in [0.15, 0.2) is 59.5 Å². The fraction of sp³-hybridized carbons (Fsp3) is 0.286. The Labute approximate surface area is 163 Å². The molecule has 1 fully saturated rings. The maximum atomic E-state index is 4.93. The molecule has 5 heteroatoms. The highest BCUT2D eigenvalue weighted by atomic mass is 32.2. The Morgan fingerprint density at radius 3 is 2.62 bits per heavy atom. The molecule has 0 aliphatic carbocycles. The molecule has 1 saturated heterocycles. The summed E-state index contributed by atoms with van der Waals surface area (Å²) in [5, 5.41) is 1.17. The van der Waals surface area contributed by atoms with Crippen LogP contribution in [0.25, 0.3) is 16.3 Å². The fourth-order valence-electron chi connectivity index (χ4n) is 3.24. The van der Waals surface area contributed by atoms with Gasteiger partial charge in [0.05, 0.1) is 10.2 Å². The van der Waals surface area contributed by atoms with Crippen LogP contribution in [0.4, 0.5) is 5.13 Å². The van der Waals surface area contributed by atoms with Crippen molar-refractivity contribution in [2.75, 3.05) is 43.9 Å². The fourth-order valence-corrected chi connectivity index (χ4v) is 4.91. The van der Waals surface area contributed by atoms with Gasteiger partial charge in [0.2, 0.25) is 0 Å². The van der Waals surface area contributed by atoms with Gasteiger partial charge in [0.15, 0.2) is 5.13 Å². The molecule has 1 aliphatic rings. The van der Waals surface area contributed by atoms with Crippen LogP contribution in [0.5, 0.6) is 0 Å². The number of hydrogen-bond donors (Lipinski definition) is 0. The summed E-state index contributed by atoms with van der Waals surface area (Å²) in [5.74, 6) is 0. The minimum Gasteiger partial charge on any atom is -0.345 e. The molecule has 0 N–H and O–H groups in total. The highest BCUT2D eigenvalue weighted by molar-refractivity contribution is 7.98. The molecule has 0 atom stereocenters. The Kier molecular flexibility index (Phi) is 5.58. The number of rotatable bonds is 5. The minimum absolute atomic E-state index is 1.01. The van der Waals surface area contributed by atoms with Gasteiger partial charge in [-0.3, -0.25) is 4.90 Å². The van der Waals surface area contributed by atoms with Crippen LogP contribution in [0, 0.1) is 0 Å². The van der Waals surface area contributed by atoms with Crippen molar-refractivity contribution in [2.45, 2.75) is 4.90 Å². The highest BCUT2D eigenvalue weighted by Gasteiger charge is 2.19.